The SMILES string of the molecule is Cc1c(CCC(=O)NCc2cccnc2)c(=O)oc2cc3c(cc12)CCC1(CCCCC1)O3. The lowest BCUT2D eigenvalue weighted by Gasteiger charge is -2.41. The molecule has 1 amide bonds. The van der Waals surface area contributed by atoms with Crippen molar-refractivity contribution >= 4 is 16.9 Å². The van der Waals surface area contributed by atoms with Crippen LogP contribution in [0, 0.1) is 6.92 Å². The highest BCUT2D eigenvalue weighted by Gasteiger charge is 2.37. The lowest BCUT2D eigenvalue weighted by atomic mass is 9.79. The van der Waals surface area contributed by atoms with E-state index in [1.165, 1.54) is 24.8 Å². The number of ether oxygens (including phenoxy) is 1. The van der Waals surface area contributed by atoms with E-state index in [0.29, 0.717) is 24.1 Å². The van der Waals surface area contributed by atoms with E-state index in [0.717, 1.165) is 47.9 Å². The molecule has 1 fully saturated rings. The second-order valence-electron chi connectivity index (χ2n) is 9.43. The summed E-state index contributed by atoms with van der Waals surface area (Å²) in [7, 11) is 0. The van der Waals surface area contributed by atoms with Gasteiger partial charge in [-0.25, -0.2) is 4.79 Å². The van der Waals surface area contributed by atoms with E-state index in [4.69, 9.17) is 9.15 Å². The summed E-state index contributed by atoms with van der Waals surface area (Å²) in [6.45, 7) is 2.37. The Balaban J connectivity index is 1.33. The van der Waals surface area contributed by atoms with Crippen molar-refractivity contribution in [3.05, 3.63) is 69.3 Å². The third-order valence-corrected chi connectivity index (χ3v) is 7.22. The molecule has 6 heteroatoms. The molecule has 0 saturated heterocycles. The van der Waals surface area contributed by atoms with Gasteiger partial charge in [0.1, 0.15) is 16.9 Å². The number of aromatic nitrogens is 1. The first kappa shape index (κ1) is 21.7. The normalized spacial score (nSPS) is 16.9. The molecule has 3 heterocycles. The molecule has 5 rings (SSSR count). The third-order valence-electron chi connectivity index (χ3n) is 7.22. The Bertz CT molecular complexity index is 1230. The van der Waals surface area contributed by atoms with Crippen molar-refractivity contribution in [3.8, 4) is 5.75 Å². The van der Waals surface area contributed by atoms with Crippen LogP contribution in [0.1, 0.15) is 67.2 Å². The maximum atomic E-state index is 12.8. The summed E-state index contributed by atoms with van der Waals surface area (Å²) < 4.78 is 12.2. The lowest BCUT2D eigenvalue weighted by Crippen LogP contribution is -2.41. The molecule has 0 atom stereocenters. The van der Waals surface area contributed by atoms with Crippen molar-refractivity contribution in [1.82, 2.24) is 10.3 Å². The number of amides is 1. The van der Waals surface area contributed by atoms with E-state index in [-0.39, 0.29) is 23.6 Å². The number of rotatable bonds is 5. The second-order valence-corrected chi connectivity index (χ2v) is 9.43. The zero-order valence-electron chi connectivity index (χ0n) is 19.1. The minimum atomic E-state index is -0.372. The van der Waals surface area contributed by atoms with Gasteiger partial charge in [-0.3, -0.25) is 9.78 Å². The summed E-state index contributed by atoms with van der Waals surface area (Å²) in [6.07, 6.45) is 12.0. The van der Waals surface area contributed by atoms with Crippen molar-refractivity contribution in [2.45, 2.75) is 76.9 Å². The molecule has 0 unspecified atom stereocenters. The largest absolute Gasteiger partial charge is 0.487 e. The number of fused-ring (bicyclic) bond motifs is 2. The number of nitrogens with one attached hydrogen (secondary N) is 1. The van der Waals surface area contributed by atoms with Crippen LogP contribution in [0.4, 0.5) is 0 Å². The van der Waals surface area contributed by atoms with Gasteiger partial charge in [0.25, 0.3) is 0 Å². The Morgan fingerprint density at radius 3 is 2.82 bits per heavy atom. The Morgan fingerprint density at radius 1 is 1.18 bits per heavy atom. The van der Waals surface area contributed by atoms with Gasteiger partial charge >= 0.3 is 5.63 Å². The van der Waals surface area contributed by atoms with E-state index in [2.05, 4.69) is 16.4 Å². The summed E-state index contributed by atoms with van der Waals surface area (Å²) in [5.74, 6) is 0.759. The molecule has 33 heavy (non-hydrogen) atoms. The number of carbonyl (C=O) groups excluding carboxylic acids is 1. The molecule has 0 radical (unpaired) electrons. The quantitative estimate of drug-likeness (QED) is 0.571. The summed E-state index contributed by atoms with van der Waals surface area (Å²) >= 11 is 0. The van der Waals surface area contributed by atoms with E-state index >= 15 is 0 Å². The van der Waals surface area contributed by atoms with Crippen LogP contribution in [0.15, 0.2) is 45.9 Å². The summed E-state index contributed by atoms with van der Waals surface area (Å²) in [6, 6.07) is 7.77. The zero-order chi connectivity index (χ0) is 22.8. The fraction of sp³-hybridized carbons (Fsp3) is 0.444. The standard InChI is InChI=1S/C27H30N2O4/c1-18-21(7-8-25(30)29-17-19-6-5-13-28-16-19)26(31)32-24-15-23-20(14-22(18)24)9-12-27(33-23)10-3-2-4-11-27/h5-6,13-16H,2-4,7-12,17H2,1H3,(H,29,30). The molecule has 2 aliphatic rings. The molecule has 2 aromatic heterocycles. The molecular formula is C27H30N2O4. The predicted octanol–water partition coefficient (Wildman–Crippen LogP) is 4.77. The number of aryl methyl sites for hydroxylation is 2. The van der Waals surface area contributed by atoms with Crippen molar-refractivity contribution in [2.24, 2.45) is 0 Å². The molecule has 1 spiro atoms. The fourth-order valence-corrected chi connectivity index (χ4v) is 5.27. The van der Waals surface area contributed by atoms with Gasteiger partial charge in [0.2, 0.25) is 5.91 Å². The maximum absolute atomic E-state index is 12.8. The Morgan fingerprint density at radius 2 is 2.03 bits per heavy atom. The molecule has 1 aliphatic carbocycles. The van der Waals surface area contributed by atoms with E-state index in [1.54, 1.807) is 12.4 Å². The summed E-state index contributed by atoms with van der Waals surface area (Å²) in [5.41, 5.74) is 3.72. The lowest BCUT2D eigenvalue weighted by molar-refractivity contribution is -0.121. The van der Waals surface area contributed by atoms with Crippen LogP contribution in [0.3, 0.4) is 0 Å². The Labute approximate surface area is 193 Å². The summed E-state index contributed by atoms with van der Waals surface area (Å²) in [5, 5.41) is 3.82. The Hall–Kier alpha value is -3.15. The van der Waals surface area contributed by atoms with E-state index < -0.39 is 0 Å². The van der Waals surface area contributed by atoms with Crippen molar-refractivity contribution in [2.75, 3.05) is 0 Å². The minimum absolute atomic E-state index is 0.0443. The highest BCUT2D eigenvalue weighted by Crippen LogP contribution is 2.43. The predicted molar refractivity (Wildman–Crippen MR) is 126 cm³/mol. The average molecular weight is 447 g/mol. The van der Waals surface area contributed by atoms with Gasteiger partial charge in [-0.2, -0.15) is 0 Å². The Kier molecular flexibility index (Phi) is 5.92. The molecule has 1 aliphatic heterocycles. The van der Waals surface area contributed by atoms with Crippen LogP contribution in [0.5, 0.6) is 5.75 Å². The third kappa shape index (κ3) is 4.52. The molecule has 6 nitrogen and oxygen atoms in total. The van der Waals surface area contributed by atoms with E-state index in [9.17, 15) is 9.59 Å². The van der Waals surface area contributed by atoms with Crippen molar-refractivity contribution < 1.29 is 13.9 Å². The molecule has 1 saturated carbocycles. The molecular weight excluding hydrogens is 416 g/mol. The minimum Gasteiger partial charge on any atom is -0.487 e. The number of benzene rings is 1. The van der Waals surface area contributed by atoms with Crippen molar-refractivity contribution in [1.29, 1.82) is 0 Å². The monoisotopic (exact) mass is 446 g/mol. The van der Waals surface area contributed by atoms with Crippen LogP contribution in [0.25, 0.3) is 11.0 Å². The van der Waals surface area contributed by atoms with Gasteiger partial charge < -0.3 is 14.5 Å². The average Bonchev–Trinajstić information content (AvgIpc) is 2.83. The van der Waals surface area contributed by atoms with Gasteiger partial charge in [0, 0.05) is 42.4 Å². The number of nitrogens with zero attached hydrogens (tertiary/aromatic N) is 1. The van der Waals surface area contributed by atoms with E-state index in [1.807, 2.05) is 25.1 Å². The first-order valence-corrected chi connectivity index (χ1v) is 12.0. The molecule has 1 aromatic carbocycles. The highest BCUT2D eigenvalue weighted by atomic mass is 16.5. The van der Waals surface area contributed by atoms with Gasteiger partial charge in [0.05, 0.1) is 0 Å². The van der Waals surface area contributed by atoms with Crippen LogP contribution >= 0.6 is 0 Å². The molecule has 0 bridgehead atoms. The molecule has 1 N–H and O–H groups in total. The molecule has 3 aromatic rings. The number of hydrogen-bond donors (Lipinski definition) is 1. The fourth-order valence-electron chi connectivity index (χ4n) is 5.27. The van der Waals surface area contributed by atoms with Crippen molar-refractivity contribution in [3.63, 3.8) is 0 Å². The van der Waals surface area contributed by atoms with Crippen LogP contribution < -0.4 is 15.7 Å². The van der Waals surface area contributed by atoms with Gasteiger partial charge in [-0.05, 0) is 80.7 Å². The maximum Gasteiger partial charge on any atom is 0.339 e. The first-order chi connectivity index (χ1) is 16.0. The van der Waals surface area contributed by atoms with Crippen LogP contribution in [-0.2, 0) is 24.2 Å². The topological polar surface area (TPSA) is 81.4 Å². The van der Waals surface area contributed by atoms with Gasteiger partial charge in [-0.1, -0.05) is 12.5 Å². The number of pyridine rings is 1. The zero-order valence-corrected chi connectivity index (χ0v) is 19.1. The van der Waals surface area contributed by atoms with Gasteiger partial charge in [-0.15, -0.1) is 0 Å². The molecule has 172 valence electrons. The van der Waals surface area contributed by atoms with Crippen LogP contribution in [0.2, 0.25) is 0 Å². The van der Waals surface area contributed by atoms with Crippen LogP contribution in [-0.4, -0.2) is 16.5 Å². The smallest absolute Gasteiger partial charge is 0.339 e. The first-order valence-electron chi connectivity index (χ1n) is 12.0. The summed E-state index contributed by atoms with van der Waals surface area (Å²) in [4.78, 5) is 29.1. The number of carbonyl (C=O) groups is 1. The highest BCUT2D eigenvalue weighted by molar-refractivity contribution is 5.84. The van der Waals surface area contributed by atoms with Gasteiger partial charge in [0.15, 0.2) is 0 Å². The number of hydrogen-bond acceptors (Lipinski definition) is 5. The second kappa shape index (κ2) is 9.00.